The Morgan fingerprint density at radius 1 is 0.947 bits per heavy atom. The van der Waals surface area contributed by atoms with E-state index in [1.807, 2.05) is 36.4 Å². The first-order valence-electron chi connectivity index (χ1n) is 13.0. The molecule has 2 heterocycles. The maximum Gasteiger partial charge on any atom is 0.306 e. The molecule has 3 nitrogen and oxygen atoms in total. The number of pyridine rings is 1. The van der Waals surface area contributed by atoms with E-state index in [1.165, 1.54) is 5.56 Å². The standard InChI is InChI=1S/C34H33NO2P/c1-6-15-27(7-2)37-38(36,28-17-11-10-12-18-28)29-20-21-32-31(24-29)33-30-19-14-13-16-26(30)22-23-35(33)25(5)34(32,8-3)9-4/h6-7,10-24H,1-2,5,8-9H2,3-4H3/q+1. The van der Waals surface area contributed by atoms with E-state index in [9.17, 15) is 4.57 Å². The second-order valence-electron chi connectivity index (χ2n) is 9.57. The predicted octanol–water partition coefficient (Wildman–Crippen LogP) is 7.84. The first kappa shape index (κ1) is 25.7. The van der Waals surface area contributed by atoms with Crippen molar-refractivity contribution in [1.29, 1.82) is 0 Å². The Morgan fingerprint density at radius 2 is 1.66 bits per heavy atom. The summed E-state index contributed by atoms with van der Waals surface area (Å²) >= 11 is 0. The minimum atomic E-state index is -3.54. The van der Waals surface area contributed by atoms with Gasteiger partial charge >= 0.3 is 7.37 Å². The molecule has 0 bridgehead atoms. The molecule has 0 spiro atoms. The molecule has 0 fully saturated rings. The van der Waals surface area contributed by atoms with Gasteiger partial charge in [0.25, 0.3) is 0 Å². The van der Waals surface area contributed by atoms with Gasteiger partial charge in [0.05, 0.1) is 27.0 Å². The molecule has 1 aliphatic rings. The van der Waals surface area contributed by atoms with E-state index in [-0.39, 0.29) is 5.41 Å². The fourth-order valence-electron chi connectivity index (χ4n) is 5.75. The van der Waals surface area contributed by atoms with Crippen LogP contribution in [0.3, 0.4) is 0 Å². The fourth-order valence-corrected chi connectivity index (χ4v) is 7.83. The van der Waals surface area contributed by atoms with Gasteiger partial charge in [0, 0.05) is 6.07 Å². The molecule has 0 saturated heterocycles. The van der Waals surface area contributed by atoms with Crippen LogP contribution >= 0.6 is 7.37 Å². The molecule has 190 valence electrons. The van der Waals surface area contributed by atoms with Crippen LogP contribution in [0.5, 0.6) is 0 Å². The summed E-state index contributed by atoms with van der Waals surface area (Å²) in [6.45, 7) is 16.7. The predicted molar refractivity (Wildman–Crippen MR) is 160 cm³/mol. The molecule has 0 amide bonds. The van der Waals surface area contributed by atoms with E-state index < -0.39 is 7.37 Å². The molecule has 1 unspecified atom stereocenters. The highest BCUT2D eigenvalue weighted by Gasteiger charge is 2.47. The number of rotatable bonds is 8. The number of aromatic nitrogens is 1. The molecule has 3 aromatic carbocycles. The summed E-state index contributed by atoms with van der Waals surface area (Å²) in [5, 5.41) is 3.53. The summed E-state index contributed by atoms with van der Waals surface area (Å²) in [4.78, 5) is 0. The zero-order valence-corrected chi connectivity index (χ0v) is 23.0. The Kier molecular flexibility index (Phi) is 6.82. The van der Waals surface area contributed by atoms with E-state index >= 15 is 0 Å². The van der Waals surface area contributed by atoms with Gasteiger partial charge in [-0.05, 0) is 72.9 Å². The van der Waals surface area contributed by atoms with Gasteiger partial charge in [-0.15, -0.1) is 0 Å². The lowest BCUT2D eigenvalue weighted by molar-refractivity contribution is -0.576. The Bertz CT molecular complexity index is 1640. The van der Waals surface area contributed by atoms with Gasteiger partial charge in [-0.2, -0.15) is 4.57 Å². The third-order valence-corrected chi connectivity index (χ3v) is 10.2. The summed E-state index contributed by atoms with van der Waals surface area (Å²) < 4.78 is 23.4. The molecular formula is C34H33NO2P+. The maximum absolute atomic E-state index is 14.9. The lowest BCUT2D eigenvalue weighted by atomic mass is 9.69. The maximum atomic E-state index is 14.9. The van der Waals surface area contributed by atoms with Crippen LogP contribution in [0.1, 0.15) is 32.3 Å². The molecular weight excluding hydrogens is 485 g/mol. The average molecular weight is 519 g/mol. The van der Waals surface area contributed by atoms with Crippen molar-refractivity contribution in [3.8, 4) is 11.3 Å². The number of allylic oxidation sites excluding steroid dienone is 4. The lowest BCUT2D eigenvalue weighted by Crippen LogP contribution is -2.49. The number of fused-ring (bicyclic) bond motifs is 5. The molecule has 5 rings (SSSR count). The third-order valence-electron chi connectivity index (χ3n) is 7.84. The molecule has 38 heavy (non-hydrogen) atoms. The van der Waals surface area contributed by atoms with Gasteiger partial charge in [-0.25, -0.2) is 0 Å². The van der Waals surface area contributed by atoms with Gasteiger partial charge in [0.1, 0.15) is 5.76 Å². The van der Waals surface area contributed by atoms with Crippen molar-refractivity contribution in [3.63, 3.8) is 0 Å². The molecule has 0 radical (unpaired) electrons. The summed E-state index contributed by atoms with van der Waals surface area (Å²) in [7, 11) is -3.54. The molecule has 0 N–H and O–H groups in total. The molecule has 1 atom stereocenters. The summed E-state index contributed by atoms with van der Waals surface area (Å²) in [6, 6.07) is 26.1. The number of hydrogen-bond donors (Lipinski definition) is 0. The van der Waals surface area contributed by atoms with Crippen LogP contribution in [-0.4, -0.2) is 0 Å². The van der Waals surface area contributed by atoms with E-state index in [4.69, 9.17) is 4.52 Å². The van der Waals surface area contributed by atoms with Gasteiger partial charge in [0.15, 0.2) is 11.9 Å². The zero-order chi connectivity index (χ0) is 26.9. The van der Waals surface area contributed by atoms with Crippen LogP contribution in [0.4, 0.5) is 0 Å². The first-order chi connectivity index (χ1) is 18.4. The van der Waals surface area contributed by atoms with Gasteiger partial charge in [0.2, 0.25) is 5.69 Å². The fraction of sp³-hybridized carbons (Fsp3) is 0.147. The van der Waals surface area contributed by atoms with Crippen LogP contribution in [0.2, 0.25) is 0 Å². The lowest BCUT2D eigenvalue weighted by Gasteiger charge is -2.36. The third kappa shape index (κ3) is 3.90. The van der Waals surface area contributed by atoms with E-state index in [1.54, 1.807) is 18.2 Å². The Hall–Kier alpha value is -3.94. The van der Waals surface area contributed by atoms with Gasteiger partial charge in [-0.1, -0.05) is 75.5 Å². The monoisotopic (exact) mass is 518 g/mol. The zero-order valence-electron chi connectivity index (χ0n) is 22.1. The number of benzene rings is 3. The van der Waals surface area contributed by atoms with Crippen molar-refractivity contribution in [1.82, 2.24) is 0 Å². The van der Waals surface area contributed by atoms with Crippen molar-refractivity contribution in [3.05, 3.63) is 134 Å². The quantitative estimate of drug-likeness (QED) is 0.103. The second kappa shape index (κ2) is 10.1. The van der Waals surface area contributed by atoms with Crippen LogP contribution < -0.4 is 15.2 Å². The van der Waals surface area contributed by atoms with Crippen molar-refractivity contribution < 1.29 is 13.7 Å². The van der Waals surface area contributed by atoms with Crippen molar-refractivity contribution in [2.24, 2.45) is 0 Å². The van der Waals surface area contributed by atoms with E-state index in [2.05, 4.69) is 86.8 Å². The summed E-state index contributed by atoms with van der Waals surface area (Å²) in [5.74, 6) is 0.412. The van der Waals surface area contributed by atoms with Crippen molar-refractivity contribution >= 4 is 34.4 Å². The second-order valence-corrected chi connectivity index (χ2v) is 11.9. The molecule has 1 aliphatic heterocycles. The van der Waals surface area contributed by atoms with Crippen LogP contribution in [0.25, 0.3) is 27.7 Å². The van der Waals surface area contributed by atoms with Crippen LogP contribution in [0, 0.1) is 0 Å². The average Bonchev–Trinajstić information content (AvgIpc) is 2.97. The van der Waals surface area contributed by atoms with Crippen LogP contribution in [0.15, 0.2) is 129 Å². The molecule has 0 saturated carbocycles. The van der Waals surface area contributed by atoms with Crippen LogP contribution in [-0.2, 0) is 14.5 Å². The molecule has 4 aromatic rings. The van der Waals surface area contributed by atoms with Crippen molar-refractivity contribution in [2.45, 2.75) is 32.1 Å². The Labute approximate surface area is 225 Å². The number of nitrogens with zero attached hydrogens (tertiary/aromatic N) is 1. The van der Waals surface area contributed by atoms with E-state index in [0.717, 1.165) is 40.6 Å². The Morgan fingerprint density at radius 3 is 2.34 bits per heavy atom. The minimum absolute atomic E-state index is 0.236. The van der Waals surface area contributed by atoms with E-state index in [0.29, 0.717) is 16.4 Å². The Balaban J connectivity index is 1.85. The SMILES string of the molecule is C=CC=C(C=C)OP(=O)(c1ccccc1)c1ccc2c(c1)-c1c3ccccc3cc[n+]1C(=C)C2(CC)CC. The largest absolute Gasteiger partial charge is 0.437 e. The highest BCUT2D eigenvalue weighted by molar-refractivity contribution is 7.74. The van der Waals surface area contributed by atoms with Crippen molar-refractivity contribution in [2.75, 3.05) is 0 Å². The topological polar surface area (TPSA) is 30.2 Å². The smallest absolute Gasteiger partial charge is 0.306 e. The number of hydrogen-bond acceptors (Lipinski definition) is 2. The highest BCUT2D eigenvalue weighted by Crippen LogP contribution is 2.51. The molecule has 4 heteroatoms. The normalized spacial score (nSPS) is 15.7. The first-order valence-corrected chi connectivity index (χ1v) is 14.6. The minimum Gasteiger partial charge on any atom is -0.437 e. The summed E-state index contributed by atoms with van der Waals surface area (Å²) in [5.41, 5.74) is 4.16. The summed E-state index contributed by atoms with van der Waals surface area (Å²) in [6.07, 6.45) is 8.79. The molecule has 1 aromatic heterocycles. The highest BCUT2D eigenvalue weighted by atomic mass is 31.2. The molecule has 0 aliphatic carbocycles. The van der Waals surface area contributed by atoms with Gasteiger partial charge < -0.3 is 4.52 Å². The van der Waals surface area contributed by atoms with Gasteiger partial charge in [-0.3, -0.25) is 4.57 Å².